The van der Waals surface area contributed by atoms with Gasteiger partial charge in [-0.15, -0.1) is 5.10 Å². The second-order valence-corrected chi connectivity index (χ2v) is 6.13. The van der Waals surface area contributed by atoms with Crippen LogP contribution in [0.5, 0.6) is 0 Å². The van der Waals surface area contributed by atoms with Gasteiger partial charge < -0.3 is 10.1 Å². The van der Waals surface area contributed by atoms with Crippen LogP contribution in [0.25, 0.3) is 10.8 Å². The Balaban J connectivity index is 2.02. The summed E-state index contributed by atoms with van der Waals surface area (Å²) in [6, 6.07) is 11.9. The highest BCUT2D eigenvalue weighted by Gasteiger charge is 2.08. The molecule has 0 unspecified atom stereocenters. The molecular formula is C17H14IN3O. The number of fused-ring (bicyclic) bond motifs is 1. The van der Waals surface area contributed by atoms with Crippen LogP contribution in [0.3, 0.4) is 0 Å². The molecule has 0 fully saturated rings. The molecule has 110 valence electrons. The van der Waals surface area contributed by atoms with Crippen LogP contribution < -0.4 is 5.32 Å². The Kier molecular flexibility index (Phi) is 4.33. The van der Waals surface area contributed by atoms with E-state index in [1.807, 2.05) is 24.3 Å². The molecule has 1 aromatic heterocycles. The number of anilines is 2. The molecule has 22 heavy (non-hydrogen) atoms. The normalized spacial score (nSPS) is 10.6. The number of rotatable bonds is 4. The Hall–Kier alpha value is -2.02. The van der Waals surface area contributed by atoms with Gasteiger partial charge in [0, 0.05) is 26.5 Å². The zero-order valence-corrected chi connectivity index (χ0v) is 14.2. The largest absolute Gasteiger partial charge is 0.338 e. The molecular weight excluding hydrogens is 389 g/mol. The third-order valence-corrected chi connectivity index (χ3v) is 4.91. The number of benzene rings is 2. The second-order valence-electron chi connectivity index (χ2n) is 5.05. The first-order valence-electron chi connectivity index (χ1n) is 6.89. The van der Waals surface area contributed by atoms with E-state index in [4.69, 9.17) is 0 Å². The number of aryl methyl sites for hydroxylation is 1. The van der Waals surface area contributed by atoms with Crippen molar-refractivity contribution in [1.29, 1.82) is 0 Å². The summed E-state index contributed by atoms with van der Waals surface area (Å²) in [5.41, 5.74) is 3.09. The minimum absolute atomic E-state index is 0.411. The molecule has 0 saturated heterocycles. The Morgan fingerprint density at radius 2 is 2.09 bits per heavy atom. The van der Waals surface area contributed by atoms with Gasteiger partial charge >= 0.3 is 0 Å². The number of aldehydes is 1. The lowest BCUT2D eigenvalue weighted by molar-refractivity contribution is -0.107. The van der Waals surface area contributed by atoms with E-state index in [9.17, 15) is 4.79 Å². The van der Waals surface area contributed by atoms with Crippen molar-refractivity contribution in [2.75, 3.05) is 5.32 Å². The molecule has 0 aliphatic carbocycles. The van der Waals surface area contributed by atoms with Crippen LogP contribution in [0.1, 0.15) is 11.1 Å². The van der Waals surface area contributed by atoms with Gasteiger partial charge in [-0.3, -0.25) is 0 Å². The van der Waals surface area contributed by atoms with Crippen LogP contribution in [-0.2, 0) is 11.2 Å². The van der Waals surface area contributed by atoms with Gasteiger partial charge in [-0.1, -0.05) is 24.3 Å². The SMILES string of the molecule is Cc1ccc2c(Nc3cccc(CC=O)c3)nncc2c1I. The van der Waals surface area contributed by atoms with Gasteiger partial charge in [-0.2, -0.15) is 5.10 Å². The highest BCUT2D eigenvalue weighted by Crippen LogP contribution is 2.28. The lowest BCUT2D eigenvalue weighted by Gasteiger charge is -2.10. The predicted molar refractivity (Wildman–Crippen MR) is 96.5 cm³/mol. The molecule has 3 aromatic rings. The molecule has 2 aromatic carbocycles. The maximum atomic E-state index is 10.6. The minimum atomic E-state index is 0.411. The second kappa shape index (κ2) is 6.39. The van der Waals surface area contributed by atoms with Crippen LogP contribution in [0.15, 0.2) is 42.6 Å². The Labute approximate surface area is 142 Å². The van der Waals surface area contributed by atoms with Crippen molar-refractivity contribution >= 4 is 51.2 Å². The first-order chi connectivity index (χ1) is 10.7. The molecule has 0 saturated carbocycles. The number of hydrogen-bond donors (Lipinski definition) is 1. The van der Waals surface area contributed by atoms with E-state index in [-0.39, 0.29) is 0 Å². The molecule has 0 aliphatic heterocycles. The maximum Gasteiger partial charge on any atom is 0.161 e. The van der Waals surface area contributed by atoms with Gasteiger partial charge in [0.05, 0.1) is 6.20 Å². The molecule has 5 heteroatoms. The van der Waals surface area contributed by atoms with Crippen molar-refractivity contribution in [3.8, 4) is 0 Å². The van der Waals surface area contributed by atoms with Crippen molar-refractivity contribution in [1.82, 2.24) is 10.2 Å². The lowest BCUT2D eigenvalue weighted by Crippen LogP contribution is -1.98. The Morgan fingerprint density at radius 1 is 1.23 bits per heavy atom. The fraction of sp³-hybridized carbons (Fsp3) is 0.118. The smallest absolute Gasteiger partial charge is 0.161 e. The van der Waals surface area contributed by atoms with Gasteiger partial charge in [-0.05, 0) is 52.8 Å². The number of nitrogens with one attached hydrogen (secondary N) is 1. The minimum Gasteiger partial charge on any atom is -0.338 e. The Bertz CT molecular complexity index is 848. The summed E-state index contributed by atoms with van der Waals surface area (Å²) in [5.74, 6) is 0.721. The molecule has 0 spiro atoms. The summed E-state index contributed by atoms with van der Waals surface area (Å²) >= 11 is 2.33. The van der Waals surface area contributed by atoms with Crippen molar-refractivity contribution < 1.29 is 4.79 Å². The van der Waals surface area contributed by atoms with Crippen molar-refractivity contribution in [2.24, 2.45) is 0 Å². The fourth-order valence-electron chi connectivity index (χ4n) is 2.33. The maximum absolute atomic E-state index is 10.6. The van der Waals surface area contributed by atoms with E-state index in [1.165, 1.54) is 9.13 Å². The topological polar surface area (TPSA) is 54.9 Å². The molecule has 4 nitrogen and oxygen atoms in total. The molecule has 0 bridgehead atoms. The number of carbonyl (C=O) groups is 1. The third kappa shape index (κ3) is 2.94. The van der Waals surface area contributed by atoms with E-state index in [0.29, 0.717) is 6.42 Å². The molecule has 0 amide bonds. The summed E-state index contributed by atoms with van der Waals surface area (Å²) in [7, 11) is 0. The summed E-state index contributed by atoms with van der Waals surface area (Å²) in [4.78, 5) is 10.6. The quantitative estimate of drug-likeness (QED) is 0.528. The predicted octanol–water partition coefficient (Wildman–Crippen LogP) is 4.03. The Morgan fingerprint density at radius 3 is 2.91 bits per heavy atom. The average Bonchev–Trinajstić information content (AvgIpc) is 2.52. The monoisotopic (exact) mass is 403 g/mol. The van der Waals surface area contributed by atoms with E-state index in [2.05, 4.69) is 57.2 Å². The summed E-state index contributed by atoms with van der Waals surface area (Å²) < 4.78 is 1.18. The van der Waals surface area contributed by atoms with Crippen molar-refractivity contribution in [3.63, 3.8) is 0 Å². The van der Waals surface area contributed by atoms with Crippen LogP contribution in [-0.4, -0.2) is 16.5 Å². The van der Waals surface area contributed by atoms with E-state index < -0.39 is 0 Å². The highest BCUT2D eigenvalue weighted by molar-refractivity contribution is 14.1. The molecule has 1 N–H and O–H groups in total. The van der Waals surface area contributed by atoms with E-state index in [0.717, 1.165) is 34.1 Å². The summed E-state index contributed by atoms with van der Waals surface area (Å²) in [5, 5.41) is 13.7. The molecule has 0 aliphatic rings. The van der Waals surface area contributed by atoms with Crippen molar-refractivity contribution in [3.05, 3.63) is 57.3 Å². The summed E-state index contributed by atoms with van der Waals surface area (Å²) in [6.07, 6.45) is 3.11. The number of hydrogen-bond acceptors (Lipinski definition) is 4. The van der Waals surface area contributed by atoms with Crippen LogP contribution in [0.4, 0.5) is 11.5 Å². The van der Waals surface area contributed by atoms with Crippen molar-refractivity contribution in [2.45, 2.75) is 13.3 Å². The fourth-order valence-corrected chi connectivity index (χ4v) is 2.94. The average molecular weight is 403 g/mol. The lowest BCUT2D eigenvalue weighted by atomic mass is 10.1. The number of nitrogens with zero attached hydrogens (tertiary/aromatic N) is 2. The molecule has 3 rings (SSSR count). The number of carbonyl (C=O) groups excluding carboxylic acids is 1. The van der Waals surface area contributed by atoms with Gasteiger partial charge in [-0.25, -0.2) is 0 Å². The standard InChI is InChI=1S/C17H14IN3O/c1-11-5-6-14-15(16(11)18)10-19-21-17(14)20-13-4-2-3-12(9-13)7-8-22/h2-6,8-10H,7H2,1H3,(H,20,21). The summed E-state index contributed by atoms with van der Waals surface area (Å²) in [6.45, 7) is 2.08. The third-order valence-electron chi connectivity index (χ3n) is 3.48. The van der Waals surface area contributed by atoms with Crippen LogP contribution in [0.2, 0.25) is 0 Å². The first-order valence-corrected chi connectivity index (χ1v) is 7.97. The molecule has 0 radical (unpaired) electrons. The molecule has 0 atom stereocenters. The zero-order chi connectivity index (χ0) is 15.5. The first kappa shape index (κ1) is 14.9. The molecule has 1 heterocycles. The van der Waals surface area contributed by atoms with Gasteiger partial charge in [0.2, 0.25) is 0 Å². The highest BCUT2D eigenvalue weighted by atomic mass is 127. The number of aromatic nitrogens is 2. The van der Waals surface area contributed by atoms with E-state index in [1.54, 1.807) is 6.20 Å². The van der Waals surface area contributed by atoms with Gasteiger partial charge in [0.25, 0.3) is 0 Å². The van der Waals surface area contributed by atoms with Crippen LogP contribution >= 0.6 is 22.6 Å². The van der Waals surface area contributed by atoms with Gasteiger partial charge in [0.15, 0.2) is 5.82 Å². The van der Waals surface area contributed by atoms with E-state index >= 15 is 0 Å². The van der Waals surface area contributed by atoms with Crippen LogP contribution in [0, 0.1) is 10.5 Å². The zero-order valence-electron chi connectivity index (χ0n) is 12.0. The van der Waals surface area contributed by atoms with Gasteiger partial charge in [0.1, 0.15) is 6.29 Å². The number of halogens is 1.